The van der Waals surface area contributed by atoms with Crippen molar-refractivity contribution in [3.05, 3.63) is 0 Å². The molecule has 1 fully saturated rings. The van der Waals surface area contributed by atoms with E-state index in [1.165, 1.54) is 0 Å². The fraction of sp³-hybridized carbons (Fsp3) is 1.00. The third-order valence-electron chi connectivity index (χ3n) is 3.96. The maximum absolute atomic E-state index is 6.13. The van der Waals surface area contributed by atoms with Gasteiger partial charge in [-0.3, -0.25) is 4.90 Å². The van der Waals surface area contributed by atoms with Gasteiger partial charge in [0.15, 0.2) is 0 Å². The molecule has 18 heavy (non-hydrogen) atoms. The Bertz CT molecular complexity index is 256. The summed E-state index contributed by atoms with van der Waals surface area (Å²) in [6, 6.07) is 0.470. The van der Waals surface area contributed by atoms with E-state index in [-0.39, 0.29) is 11.1 Å². The van der Waals surface area contributed by atoms with Crippen molar-refractivity contribution in [1.29, 1.82) is 0 Å². The molecule has 1 saturated heterocycles. The summed E-state index contributed by atoms with van der Waals surface area (Å²) in [5.41, 5.74) is 6.10. The topological polar surface area (TPSA) is 47.7 Å². The SMILES string of the molecule is COCCN(C(C)C)C1(CN)CCOC(C)(C)C1. The number of nitrogens with zero attached hydrogens (tertiary/aromatic N) is 1. The molecule has 2 N–H and O–H groups in total. The number of hydrogen-bond donors (Lipinski definition) is 1. The van der Waals surface area contributed by atoms with Gasteiger partial charge in [-0.25, -0.2) is 0 Å². The minimum absolute atomic E-state index is 0.0500. The monoisotopic (exact) mass is 258 g/mol. The highest BCUT2D eigenvalue weighted by Crippen LogP contribution is 2.36. The van der Waals surface area contributed by atoms with Crippen molar-refractivity contribution in [1.82, 2.24) is 4.90 Å². The largest absolute Gasteiger partial charge is 0.383 e. The fourth-order valence-electron chi connectivity index (χ4n) is 3.22. The van der Waals surface area contributed by atoms with E-state index < -0.39 is 0 Å². The third kappa shape index (κ3) is 3.67. The van der Waals surface area contributed by atoms with Crippen LogP contribution in [0.4, 0.5) is 0 Å². The Labute approximate surface area is 112 Å². The second kappa shape index (κ2) is 6.33. The van der Waals surface area contributed by atoms with Gasteiger partial charge < -0.3 is 15.2 Å². The lowest BCUT2D eigenvalue weighted by atomic mass is 9.79. The summed E-state index contributed by atoms with van der Waals surface area (Å²) in [4.78, 5) is 2.50. The van der Waals surface area contributed by atoms with Gasteiger partial charge in [0.2, 0.25) is 0 Å². The molecular formula is C14H30N2O2. The predicted octanol–water partition coefficient (Wildman–Crippen LogP) is 1.63. The van der Waals surface area contributed by atoms with Crippen LogP contribution in [0, 0.1) is 0 Å². The highest BCUT2D eigenvalue weighted by atomic mass is 16.5. The minimum atomic E-state index is -0.0855. The molecule has 108 valence electrons. The van der Waals surface area contributed by atoms with E-state index in [1.807, 2.05) is 0 Å². The van der Waals surface area contributed by atoms with Crippen LogP contribution in [-0.2, 0) is 9.47 Å². The Kier molecular flexibility index (Phi) is 5.59. The second-order valence-corrected chi connectivity index (χ2v) is 6.24. The van der Waals surface area contributed by atoms with Crippen LogP contribution >= 0.6 is 0 Å². The van der Waals surface area contributed by atoms with Crippen molar-refractivity contribution >= 4 is 0 Å². The first-order chi connectivity index (χ1) is 8.37. The van der Waals surface area contributed by atoms with Gasteiger partial charge in [-0.1, -0.05) is 0 Å². The third-order valence-corrected chi connectivity index (χ3v) is 3.96. The molecule has 0 bridgehead atoms. The molecule has 1 aliphatic heterocycles. The van der Waals surface area contributed by atoms with Crippen LogP contribution in [0.1, 0.15) is 40.5 Å². The van der Waals surface area contributed by atoms with Gasteiger partial charge in [0.1, 0.15) is 0 Å². The maximum atomic E-state index is 6.13. The van der Waals surface area contributed by atoms with Crippen molar-refractivity contribution in [3.8, 4) is 0 Å². The highest BCUT2D eigenvalue weighted by Gasteiger charge is 2.44. The quantitative estimate of drug-likeness (QED) is 0.786. The summed E-state index contributed by atoms with van der Waals surface area (Å²) >= 11 is 0. The lowest BCUT2D eigenvalue weighted by Crippen LogP contribution is -2.63. The van der Waals surface area contributed by atoms with E-state index in [0.29, 0.717) is 12.6 Å². The van der Waals surface area contributed by atoms with Crippen molar-refractivity contribution in [3.63, 3.8) is 0 Å². The molecule has 0 radical (unpaired) electrons. The van der Waals surface area contributed by atoms with Gasteiger partial charge in [0.05, 0.1) is 12.2 Å². The van der Waals surface area contributed by atoms with Gasteiger partial charge in [0.25, 0.3) is 0 Å². The first-order valence-electron chi connectivity index (χ1n) is 6.96. The molecule has 1 unspecified atom stereocenters. The minimum Gasteiger partial charge on any atom is -0.383 e. The van der Waals surface area contributed by atoms with E-state index in [0.717, 1.165) is 32.6 Å². The Balaban J connectivity index is 2.88. The Morgan fingerprint density at radius 1 is 1.39 bits per heavy atom. The molecule has 0 aromatic rings. The van der Waals surface area contributed by atoms with Crippen molar-refractivity contribution < 1.29 is 9.47 Å². The number of ether oxygens (including phenoxy) is 2. The zero-order valence-electron chi connectivity index (χ0n) is 12.7. The van der Waals surface area contributed by atoms with Crippen LogP contribution in [0.15, 0.2) is 0 Å². The van der Waals surface area contributed by atoms with Gasteiger partial charge in [-0.05, 0) is 40.5 Å². The van der Waals surface area contributed by atoms with E-state index >= 15 is 0 Å². The molecule has 4 nitrogen and oxygen atoms in total. The lowest BCUT2D eigenvalue weighted by Gasteiger charge is -2.52. The number of methoxy groups -OCH3 is 1. The summed E-state index contributed by atoms with van der Waals surface area (Å²) in [7, 11) is 1.75. The number of rotatable bonds is 6. The first-order valence-corrected chi connectivity index (χ1v) is 6.96. The summed E-state index contributed by atoms with van der Waals surface area (Å²) in [5.74, 6) is 0. The fourth-order valence-corrected chi connectivity index (χ4v) is 3.22. The zero-order valence-corrected chi connectivity index (χ0v) is 12.7. The number of nitrogens with two attached hydrogens (primary N) is 1. The maximum Gasteiger partial charge on any atom is 0.0644 e. The molecule has 1 heterocycles. The highest BCUT2D eigenvalue weighted by molar-refractivity contribution is 5.00. The van der Waals surface area contributed by atoms with Gasteiger partial charge >= 0.3 is 0 Å². The van der Waals surface area contributed by atoms with Crippen LogP contribution in [0.3, 0.4) is 0 Å². The smallest absolute Gasteiger partial charge is 0.0644 e. The molecule has 0 aromatic heterocycles. The average Bonchev–Trinajstić information content (AvgIpc) is 2.27. The van der Waals surface area contributed by atoms with E-state index in [4.69, 9.17) is 15.2 Å². The Morgan fingerprint density at radius 3 is 2.50 bits per heavy atom. The molecule has 0 spiro atoms. The Hall–Kier alpha value is -0.160. The molecule has 0 aromatic carbocycles. The summed E-state index contributed by atoms with van der Waals surface area (Å²) in [5, 5.41) is 0. The van der Waals surface area contributed by atoms with E-state index in [2.05, 4.69) is 32.6 Å². The zero-order chi connectivity index (χ0) is 13.8. The molecule has 1 atom stereocenters. The predicted molar refractivity (Wildman–Crippen MR) is 74.8 cm³/mol. The van der Waals surface area contributed by atoms with Gasteiger partial charge in [0, 0.05) is 38.4 Å². The normalized spacial score (nSPS) is 28.0. The molecule has 0 saturated carbocycles. The summed E-state index contributed by atoms with van der Waals surface area (Å²) in [6.07, 6.45) is 1.99. The van der Waals surface area contributed by atoms with Gasteiger partial charge in [-0.2, -0.15) is 0 Å². The second-order valence-electron chi connectivity index (χ2n) is 6.24. The van der Waals surface area contributed by atoms with Crippen LogP contribution in [-0.4, -0.2) is 55.5 Å². The lowest BCUT2D eigenvalue weighted by molar-refractivity contribution is -0.126. The van der Waals surface area contributed by atoms with Crippen molar-refractivity contribution in [2.45, 2.75) is 57.7 Å². The number of hydrogen-bond acceptors (Lipinski definition) is 4. The molecule has 1 rings (SSSR count). The van der Waals surface area contributed by atoms with Crippen molar-refractivity contribution in [2.24, 2.45) is 5.73 Å². The molecule has 1 aliphatic rings. The standard InChI is InChI=1S/C14H30N2O2/c1-12(2)16(7-9-17-5)14(11-15)6-8-18-13(3,4)10-14/h12H,6-11,15H2,1-5H3. The summed E-state index contributed by atoms with van der Waals surface area (Å²) in [6.45, 7) is 11.9. The van der Waals surface area contributed by atoms with E-state index in [1.54, 1.807) is 7.11 Å². The van der Waals surface area contributed by atoms with Crippen LogP contribution in [0.5, 0.6) is 0 Å². The molecule has 0 amide bonds. The average molecular weight is 258 g/mol. The Morgan fingerprint density at radius 2 is 2.06 bits per heavy atom. The van der Waals surface area contributed by atoms with E-state index in [9.17, 15) is 0 Å². The van der Waals surface area contributed by atoms with Gasteiger partial charge in [-0.15, -0.1) is 0 Å². The van der Waals surface area contributed by atoms with Crippen LogP contribution < -0.4 is 5.73 Å². The molecule has 4 heteroatoms. The van der Waals surface area contributed by atoms with Crippen LogP contribution in [0.2, 0.25) is 0 Å². The molecular weight excluding hydrogens is 228 g/mol. The van der Waals surface area contributed by atoms with Crippen molar-refractivity contribution in [2.75, 3.05) is 33.4 Å². The summed E-state index contributed by atoms with van der Waals surface area (Å²) < 4.78 is 11.1. The molecule has 0 aliphatic carbocycles. The van der Waals surface area contributed by atoms with Crippen LogP contribution in [0.25, 0.3) is 0 Å². The first kappa shape index (κ1) is 15.9.